The Morgan fingerprint density at radius 2 is 1.21 bits per heavy atom. The van der Waals surface area contributed by atoms with Gasteiger partial charge in [-0.2, -0.15) is 0 Å². The topological polar surface area (TPSA) is 69.6 Å². The molecule has 10 aromatic rings. The van der Waals surface area contributed by atoms with Crippen molar-refractivity contribution in [1.82, 2.24) is 24.5 Å². The van der Waals surface area contributed by atoms with Crippen molar-refractivity contribution in [3.8, 4) is 39.9 Å². The number of rotatable bonds is 4. The van der Waals surface area contributed by atoms with Crippen LogP contribution in [0.5, 0.6) is 0 Å². The lowest BCUT2D eigenvalue weighted by Gasteiger charge is -2.12. The number of pyridine rings is 1. The van der Waals surface area contributed by atoms with Crippen molar-refractivity contribution in [2.45, 2.75) is 0 Å². The van der Waals surface area contributed by atoms with Gasteiger partial charge in [-0.05, 0) is 41.8 Å². The zero-order chi connectivity index (χ0) is 31.6. The second-order valence-electron chi connectivity index (χ2n) is 11.9. The summed E-state index contributed by atoms with van der Waals surface area (Å²) in [6.45, 7) is 0. The summed E-state index contributed by atoms with van der Waals surface area (Å²) in [5.41, 5.74) is 8.12. The van der Waals surface area contributed by atoms with Crippen LogP contribution in [-0.2, 0) is 0 Å². The summed E-state index contributed by atoms with van der Waals surface area (Å²) in [5.74, 6) is 1.69. The van der Waals surface area contributed by atoms with Gasteiger partial charge in [-0.15, -0.1) is 0 Å². The minimum atomic E-state index is 0.526. The SMILES string of the molecule is c1ccc(-c2nc(-c3cccc(-n4c5ccccc5c5ccc6ccccc6c54)c3)nc(-c3ccnc4c3oc3ccccc34)n2)cc1. The van der Waals surface area contributed by atoms with Gasteiger partial charge in [0.15, 0.2) is 23.1 Å². The van der Waals surface area contributed by atoms with E-state index in [0.29, 0.717) is 23.1 Å². The third-order valence-corrected chi connectivity index (χ3v) is 9.09. The highest BCUT2D eigenvalue weighted by molar-refractivity contribution is 6.18. The molecule has 0 atom stereocenters. The van der Waals surface area contributed by atoms with Crippen molar-refractivity contribution >= 4 is 54.6 Å². The average molecular weight is 616 g/mol. The zero-order valence-electron chi connectivity index (χ0n) is 25.6. The van der Waals surface area contributed by atoms with Crippen LogP contribution in [-0.4, -0.2) is 24.5 Å². The molecular formula is C42H25N5O. The Bertz CT molecular complexity index is 2850. The van der Waals surface area contributed by atoms with Gasteiger partial charge in [0.25, 0.3) is 0 Å². The Morgan fingerprint density at radius 1 is 0.500 bits per heavy atom. The summed E-state index contributed by atoms with van der Waals surface area (Å²) < 4.78 is 8.71. The highest BCUT2D eigenvalue weighted by Crippen LogP contribution is 2.38. The molecule has 0 bridgehead atoms. The van der Waals surface area contributed by atoms with Crippen LogP contribution in [0.4, 0.5) is 0 Å². The maximum Gasteiger partial charge on any atom is 0.167 e. The molecule has 6 heteroatoms. The molecule has 0 aliphatic rings. The first-order valence-electron chi connectivity index (χ1n) is 15.9. The van der Waals surface area contributed by atoms with E-state index in [1.807, 2.05) is 60.7 Å². The molecule has 0 N–H and O–H groups in total. The molecule has 0 unspecified atom stereocenters. The van der Waals surface area contributed by atoms with Crippen LogP contribution in [0, 0.1) is 0 Å². The van der Waals surface area contributed by atoms with Gasteiger partial charge in [0, 0.05) is 44.6 Å². The van der Waals surface area contributed by atoms with Gasteiger partial charge in [0.2, 0.25) is 0 Å². The molecule has 0 saturated heterocycles. The molecule has 6 aromatic carbocycles. The van der Waals surface area contributed by atoms with Gasteiger partial charge < -0.3 is 8.98 Å². The molecule has 224 valence electrons. The van der Waals surface area contributed by atoms with Crippen LogP contribution in [0.15, 0.2) is 156 Å². The Kier molecular flexibility index (Phi) is 5.77. The standard InChI is InChI=1S/C42H25N5O/c1-2-12-27(13-3-1)40-44-41(46-42(45-40)34-23-24-43-37-33-18-7-9-20-36(33)48-39(34)37)28-14-10-15-29(25-28)47-35-19-8-6-17-31(35)32-22-21-26-11-4-5-16-30(26)38(32)47/h1-25H. The molecule has 4 heterocycles. The van der Waals surface area contributed by atoms with Crippen LogP contribution >= 0.6 is 0 Å². The molecule has 0 amide bonds. The Morgan fingerprint density at radius 3 is 2.10 bits per heavy atom. The molecule has 6 nitrogen and oxygen atoms in total. The summed E-state index contributed by atoms with van der Waals surface area (Å²) >= 11 is 0. The van der Waals surface area contributed by atoms with E-state index in [-0.39, 0.29) is 0 Å². The summed E-state index contributed by atoms with van der Waals surface area (Å²) in [5, 5.41) is 5.80. The van der Waals surface area contributed by atoms with E-state index in [9.17, 15) is 0 Å². The van der Waals surface area contributed by atoms with Gasteiger partial charge in [-0.3, -0.25) is 4.98 Å². The molecule has 10 rings (SSSR count). The van der Waals surface area contributed by atoms with Crippen LogP contribution in [0.1, 0.15) is 0 Å². The van der Waals surface area contributed by atoms with Gasteiger partial charge in [0.05, 0.1) is 16.6 Å². The molecule has 0 saturated carbocycles. The summed E-state index contributed by atoms with van der Waals surface area (Å²) in [7, 11) is 0. The van der Waals surface area contributed by atoms with Gasteiger partial charge in [0.1, 0.15) is 11.1 Å². The highest BCUT2D eigenvalue weighted by Gasteiger charge is 2.20. The van der Waals surface area contributed by atoms with Crippen molar-refractivity contribution < 1.29 is 4.42 Å². The number of aromatic nitrogens is 5. The molecule has 4 aromatic heterocycles. The molecule has 0 radical (unpaired) electrons. The fourth-order valence-corrected chi connectivity index (χ4v) is 6.90. The predicted molar refractivity (Wildman–Crippen MR) is 193 cm³/mol. The van der Waals surface area contributed by atoms with Crippen LogP contribution in [0.25, 0.3) is 94.5 Å². The maximum atomic E-state index is 6.35. The summed E-state index contributed by atoms with van der Waals surface area (Å²) in [6, 6.07) is 49.9. The number of fused-ring (bicyclic) bond motifs is 8. The van der Waals surface area contributed by atoms with Gasteiger partial charge >= 0.3 is 0 Å². The van der Waals surface area contributed by atoms with E-state index in [1.165, 1.54) is 27.1 Å². The number of hydrogen-bond donors (Lipinski definition) is 0. The number of furan rings is 1. The monoisotopic (exact) mass is 615 g/mol. The van der Waals surface area contributed by atoms with Crippen molar-refractivity contribution in [2.24, 2.45) is 0 Å². The van der Waals surface area contributed by atoms with Gasteiger partial charge in [-0.1, -0.05) is 109 Å². The fourth-order valence-electron chi connectivity index (χ4n) is 6.90. The first-order valence-corrected chi connectivity index (χ1v) is 15.9. The fraction of sp³-hybridized carbons (Fsp3) is 0. The Hall–Kier alpha value is -6.66. The summed E-state index contributed by atoms with van der Waals surface area (Å²) in [4.78, 5) is 19.8. The van der Waals surface area contributed by atoms with E-state index in [4.69, 9.17) is 19.4 Å². The van der Waals surface area contributed by atoms with E-state index in [2.05, 4.69) is 94.5 Å². The lowest BCUT2D eigenvalue weighted by atomic mass is 10.1. The van der Waals surface area contributed by atoms with Crippen LogP contribution < -0.4 is 0 Å². The molecule has 48 heavy (non-hydrogen) atoms. The van der Waals surface area contributed by atoms with Crippen molar-refractivity contribution in [3.63, 3.8) is 0 Å². The maximum absolute atomic E-state index is 6.35. The Labute approximate surface area is 274 Å². The lowest BCUT2D eigenvalue weighted by molar-refractivity contribution is 0.668. The van der Waals surface area contributed by atoms with E-state index in [1.54, 1.807) is 6.20 Å². The van der Waals surface area contributed by atoms with Crippen LogP contribution in [0.3, 0.4) is 0 Å². The quantitative estimate of drug-likeness (QED) is 0.197. The van der Waals surface area contributed by atoms with Crippen LogP contribution in [0.2, 0.25) is 0 Å². The summed E-state index contributed by atoms with van der Waals surface area (Å²) in [6.07, 6.45) is 1.79. The van der Waals surface area contributed by atoms with Gasteiger partial charge in [-0.25, -0.2) is 15.0 Å². The third kappa shape index (κ3) is 4.06. The molecule has 0 aliphatic heterocycles. The number of nitrogens with zero attached hydrogens (tertiary/aromatic N) is 5. The average Bonchev–Trinajstić information content (AvgIpc) is 3.71. The number of hydrogen-bond acceptors (Lipinski definition) is 5. The second kappa shape index (κ2) is 10.4. The van der Waals surface area contributed by atoms with E-state index >= 15 is 0 Å². The molecule has 0 spiro atoms. The molecule has 0 fully saturated rings. The van der Waals surface area contributed by atoms with Crippen molar-refractivity contribution in [1.29, 1.82) is 0 Å². The first-order chi connectivity index (χ1) is 23.8. The lowest BCUT2D eigenvalue weighted by Crippen LogP contribution is -2.01. The minimum Gasteiger partial charge on any atom is -0.454 e. The van der Waals surface area contributed by atoms with Crippen molar-refractivity contribution in [3.05, 3.63) is 152 Å². The van der Waals surface area contributed by atoms with E-state index in [0.717, 1.165) is 44.4 Å². The van der Waals surface area contributed by atoms with E-state index < -0.39 is 0 Å². The Balaban J connectivity index is 1.22. The number of benzene rings is 6. The predicted octanol–water partition coefficient (Wildman–Crippen LogP) is 10.4. The highest BCUT2D eigenvalue weighted by atomic mass is 16.3. The normalized spacial score (nSPS) is 11.8. The largest absolute Gasteiger partial charge is 0.454 e. The third-order valence-electron chi connectivity index (χ3n) is 9.09. The van der Waals surface area contributed by atoms with Crippen molar-refractivity contribution in [2.75, 3.05) is 0 Å². The minimum absolute atomic E-state index is 0.526. The first kappa shape index (κ1) is 26.5. The molecular weight excluding hydrogens is 590 g/mol. The molecule has 0 aliphatic carbocycles. The zero-order valence-corrected chi connectivity index (χ0v) is 25.6. The second-order valence-corrected chi connectivity index (χ2v) is 11.9. The number of para-hydroxylation sites is 2. The smallest absolute Gasteiger partial charge is 0.167 e.